The molecule has 0 fully saturated rings. The van der Waals surface area contributed by atoms with Gasteiger partial charge in [-0.3, -0.25) is 0 Å². The van der Waals surface area contributed by atoms with Gasteiger partial charge in [-0.15, -0.1) is 0 Å². The van der Waals surface area contributed by atoms with Crippen LogP contribution in [0, 0.1) is 0 Å². The quantitative estimate of drug-likeness (QED) is 0.198. The van der Waals surface area contributed by atoms with Crippen LogP contribution in [0.25, 0.3) is 0 Å². The molecular weight excluding hydrogens is 302 g/mol. The number of alkyl halides is 1. The molecule has 0 spiro atoms. The average molecular weight is 314 g/mol. The van der Waals surface area contributed by atoms with E-state index in [1.165, 1.54) is 0 Å². The Labute approximate surface area is 110 Å². The first-order valence-electron chi connectivity index (χ1n) is 3.56. The smallest absolute Gasteiger partial charge is 0.748 e. The van der Waals surface area contributed by atoms with Gasteiger partial charge in [0.25, 0.3) is 0 Å². The first-order valence-corrected chi connectivity index (χ1v) is 6.66. The Morgan fingerprint density at radius 1 is 1.08 bits per heavy atom. The first-order chi connectivity index (χ1) is 5.06. The minimum atomic E-state index is -3.96. The number of hydrogen-bond donors (Lipinski definition) is 0. The predicted octanol–water partition coefficient (Wildman–Crippen LogP) is -1.47. The van der Waals surface area contributed by atoms with E-state index in [1.807, 2.05) is 0 Å². The van der Waals surface area contributed by atoms with Crippen molar-refractivity contribution in [2.75, 3.05) is 10.2 Å². The van der Waals surface area contributed by atoms with Gasteiger partial charge in [0.05, 0.1) is 10.1 Å². The summed E-state index contributed by atoms with van der Waals surface area (Å²) in [6.07, 6.45) is 3.50. The molecule has 3 nitrogen and oxygen atoms in total. The van der Waals surface area contributed by atoms with Crippen LogP contribution in [0.1, 0.15) is 25.7 Å². The van der Waals surface area contributed by atoms with Gasteiger partial charge in [-0.2, -0.15) is 0 Å². The van der Waals surface area contributed by atoms with Crippen LogP contribution < -0.4 is 29.6 Å². The van der Waals surface area contributed by atoms with Crippen LogP contribution in [0.4, 0.5) is 0 Å². The van der Waals surface area contributed by atoms with Crippen molar-refractivity contribution >= 4 is 32.7 Å². The van der Waals surface area contributed by atoms with Gasteiger partial charge >= 0.3 is 29.6 Å². The maximum absolute atomic E-state index is 10.1. The summed E-state index contributed by atoms with van der Waals surface area (Å²) >= 11 is 2.28. The van der Waals surface area contributed by atoms with Crippen LogP contribution in [-0.4, -0.2) is 23.2 Å². The molecule has 0 N–H and O–H groups in total. The van der Waals surface area contributed by atoms with Crippen LogP contribution in [0.15, 0.2) is 0 Å². The van der Waals surface area contributed by atoms with Crippen LogP contribution in [0.5, 0.6) is 0 Å². The molecule has 0 rings (SSSR count). The van der Waals surface area contributed by atoms with Crippen molar-refractivity contribution in [1.29, 1.82) is 0 Å². The summed E-state index contributed by atoms with van der Waals surface area (Å²) in [6, 6.07) is 0. The van der Waals surface area contributed by atoms with E-state index in [9.17, 15) is 13.0 Å². The fraction of sp³-hybridized carbons (Fsp3) is 1.00. The van der Waals surface area contributed by atoms with E-state index in [2.05, 4.69) is 22.6 Å². The van der Waals surface area contributed by atoms with Gasteiger partial charge in [-0.05, 0) is 17.3 Å². The van der Waals surface area contributed by atoms with Crippen molar-refractivity contribution in [1.82, 2.24) is 0 Å². The predicted molar refractivity (Wildman–Crippen MR) is 51.9 cm³/mol. The van der Waals surface area contributed by atoms with Crippen molar-refractivity contribution in [3.63, 3.8) is 0 Å². The molecule has 0 radical (unpaired) electrons. The second kappa shape index (κ2) is 9.21. The molecule has 0 bridgehead atoms. The number of halogens is 1. The Bertz CT molecular complexity index is 181. The van der Waals surface area contributed by atoms with E-state index < -0.39 is 10.1 Å². The first kappa shape index (κ1) is 16.1. The molecule has 0 heterocycles. The van der Waals surface area contributed by atoms with Crippen LogP contribution >= 0.6 is 22.6 Å². The summed E-state index contributed by atoms with van der Waals surface area (Å²) in [4.78, 5) is 0. The number of unbranched alkanes of at least 4 members (excludes halogenated alkanes) is 3. The SMILES string of the molecule is O=S(=O)([O-])CCCCCCI.[Na+]. The molecule has 0 aliphatic carbocycles. The van der Waals surface area contributed by atoms with Crippen molar-refractivity contribution in [2.45, 2.75) is 25.7 Å². The molecule has 0 aromatic heterocycles. The van der Waals surface area contributed by atoms with Gasteiger partial charge in [0.2, 0.25) is 0 Å². The number of hydrogen-bond acceptors (Lipinski definition) is 3. The standard InChI is InChI=1S/C6H13IO3S.Na/c7-5-3-1-2-4-6-11(8,9)10;/h1-6H2,(H,8,9,10);/q;+1/p-1. The molecule has 0 aliphatic rings. The van der Waals surface area contributed by atoms with E-state index in [4.69, 9.17) is 0 Å². The zero-order valence-electron chi connectivity index (χ0n) is 7.25. The monoisotopic (exact) mass is 314 g/mol. The molecule has 0 unspecified atom stereocenters. The Hall–Kier alpha value is 1.64. The zero-order chi connectivity index (χ0) is 8.74. The van der Waals surface area contributed by atoms with Gasteiger partial charge < -0.3 is 4.55 Å². The van der Waals surface area contributed by atoms with Crippen molar-refractivity contribution in [3.05, 3.63) is 0 Å². The molecular formula is C6H12INaO3S. The summed E-state index contributed by atoms with van der Waals surface area (Å²) in [7, 11) is -3.96. The van der Waals surface area contributed by atoms with Crippen LogP contribution in [0.2, 0.25) is 0 Å². The normalized spacial score (nSPS) is 10.8. The molecule has 0 atom stereocenters. The maximum Gasteiger partial charge on any atom is 1.00 e. The summed E-state index contributed by atoms with van der Waals surface area (Å²) < 4.78 is 31.4. The minimum Gasteiger partial charge on any atom is -0.748 e. The minimum absolute atomic E-state index is 0. The average Bonchev–Trinajstić information content (AvgIpc) is 1.85. The van der Waals surface area contributed by atoms with Gasteiger partial charge in [0.1, 0.15) is 0 Å². The van der Waals surface area contributed by atoms with E-state index >= 15 is 0 Å². The molecule has 0 aromatic rings. The van der Waals surface area contributed by atoms with Gasteiger partial charge in [-0.25, -0.2) is 8.42 Å². The summed E-state index contributed by atoms with van der Waals surface area (Å²) in [5.74, 6) is -0.200. The Morgan fingerprint density at radius 3 is 2.00 bits per heavy atom. The van der Waals surface area contributed by atoms with Crippen LogP contribution in [-0.2, 0) is 10.1 Å². The number of rotatable bonds is 6. The Morgan fingerprint density at radius 2 is 1.58 bits per heavy atom. The summed E-state index contributed by atoms with van der Waals surface area (Å²) in [5.41, 5.74) is 0. The molecule has 68 valence electrons. The molecule has 0 aromatic carbocycles. The van der Waals surface area contributed by atoms with Crippen molar-refractivity contribution in [3.8, 4) is 0 Å². The second-order valence-electron chi connectivity index (χ2n) is 2.36. The van der Waals surface area contributed by atoms with Gasteiger partial charge in [0, 0.05) is 5.75 Å². The molecule has 12 heavy (non-hydrogen) atoms. The van der Waals surface area contributed by atoms with Crippen molar-refractivity contribution < 1.29 is 42.5 Å². The molecule has 0 amide bonds. The molecule has 0 saturated heterocycles. The summed E-state index contributed by atoms with van der Waals surface area (Å²) in [6.45, 7) is 0. The molecule has 0 aliphatic heterocycles. The third-order valence-corrected chi connectivity index (χ3v) is 2.83. The van der Waals surface area contributed by atoms with E-state index in [-0.39, 0.29) is 35.3 Å². The molecule has 6 heteroatoms. The van der Waals surface area contributed by atoms with E-state index in [0.717, 1.165) is 23.7 Å². The Kier molecular flexibility index (Phi) is 12.3. The van der Waals surface area contributed by atoms with E-state index in [0.29, 0.717) is 6.42 Å². The third-order valence-electron chi connectivity index (χ3n) is 1.28. The Balaban J connectivity index is 0. The third kappa shape index (κ3) is 14.2. The van der Waals surface area contributed by atoms with Gasteiger partial charge in [-0.1, -0.05) is 35.4 Å². The fourth-order valence-corrected chi connectivity index (χ4v) is 1.82. The summed E-state index contributed by atoms with van der Waals surface area (Å²) in [5, 5.41) is 0. The zero-order valence-corrected chi connectivity index (χ0v) is 12.2. The molecule has 0 saturated carbocycles. The van der Waals surface area contributed by atoms with Gasteiger partial charge in [0.15, 0.2) is 0 Å². The largest absolute Gasteiger partial charge is 1.00 e. The van der Waals surface area contributed by atoms with E-state index in [1.54, 1.807) is 0 Å². The van der Waals surface area contributed by atoms with Crippen molar-refractivity contribution in [2.24, 2.45) is 0 Å². The maximum atomic E-state index is 10.1. The topological polar surface area (TPSA) is 57.2 Å². The van der Waals surface area contributed by atoms with Crippen LogP contribution in [0.3, 0.4) is 0 Å². The fourth-order valence-electron chi connectivity index (χ4n) is 0.727. The second-order valence-corrected chi connectivity index (χ2v) is 4.97.